The third-order valence-corrected chi connectivity index (χ3v) is 10.5. The van der Waals surface area contributed by atoms with Crippen LogP contribution in [-0.4, -0.2) is 37.7 Å². The predicted molar refractivity (Wildman–Crippen MR) is 232 cm³/mol. The fourth-order valence-electron chi connectivity index (χ4n) is 7.29. The fourth-order valence-corrected chi connectivity index (χ4v) is 7.29. The first-order valence-corrected chi connectivity index (χ1v) is 20.7. The van der Waals surface area contributed by atoms with Gasteiger partial charge in [0.25, 0.3) is 0 Å². The van der Waals surface area contributed by atoms with E-state index in [4.69, 9.17) is 14.2 Å². The van der Waals surface area contributed by atoms with Crippen LogP contribution in [0.2, 0.25) is 0 Å². The van der Waals surface area contributed by atoms with E-state index in [2.05, 4.69) is 19.7 Å². The second-order valence-corrected chi connectivity index (χ2v) is 15.3. The van der Waals surface area contributed by atoms with Crippen molar-refractivity contribution in [3.63, 3.8) is 0 Å². The first-order chi connectivity index (χ1) is 32.3. The van der Waals surface area contributed by atoms with Crippen LogP contribution in [0.25, 0.3) is 44.5 Å². The van der Waals surface area contributed by atoms with Crippen molar-refractivity contribution < 1.29 is 81.3 Å². The Kier molecular flexibility index (Phi) is 16.8. The van der Waals surface area contributed by atoms with Gasteiger partial charge in [0.05, 0.1) is 42.1 Å². The molecule has 0 saturated heterocycles. The molecule has 0 aliphatic heterocycles. The van der Waals surface area contributed by atoms with Crippen molar-refractivity contribution in [1.82, 2.24) is 0 Å². The van der Waals surface area contributed by atoms with Crippen LogP contribution >= 0.6 is 0 Å². The molecule has 0 aliphatic carbocycles. The number of esters is 3. The third kappa shape index (κ3) is 14.0. The first kappa shape index (κ1) is 52.9. The molecule has 0 N–H and O–H groups in total. The number of halogens is 12. The number of carbonyl (C=O) groups is 3. The number of alkyl halides is 12. The monoisotopic (exact) mass is 976 g/mol. The van der Waals surface area contributed by atoms with E-state index in [0.717, 1.165) is 36.4 Å². The maximum atomic E-state index is 15.0. The fraction of sp³-hybridized carbons (Fsp3) is 0.235. The van der Waals surface area contributed by atoms with Gasteiger partial charge in [0, 0.05) is 24.6 Å². The molecule has 5 aromatic carbocycles. The van der Waals surface area contributed by atoms with Crippen LogP contribution in [0, 0.1) is 0 Å². The largest absolute Gasteiger partial charge is 0.463 e. The van der Waals surface area contributed by atoms with Crippen LogP contribution < -0.4 is 0 Å². The lowest BCUT2D eigenvalue weighted by molar-refractivity contribution is -0.144. The maximum Gasteiger partial charge on any atom is 0.417 e. The van der Waals surface area contributed by atoms with Crippen molar-refractivity contribution in [3.05, 3.63) is 168 Å². The zero-order chi connectivity index (χ0) is 50.9. The van der Waals surface area contributed by atoms with Crippen molar-refractivity contribution in [1.29, 1.82) is 0 Å². The molecule has 69 heavy (non-hydrogen) atoms. The molecular formula is C51H40F12O6. The quantitative estimate of drug-likeness (QED) is 0.0286. The van der Waals surface area contributed by atoms with E-state index in [1.165, 1.54) is 48.5 Å². The van der Waals surface area contributed by atoms with Gasteiger partial charge in [-0.25, -0.2) is 14.4 Å². The van der Waals surface area contributed by atoms with E-state index in [9.17, 15) is 67.1 Å². The zero-order valence-electron chi connectivity index (χ0n) is 36.2. The van der Waals surface area contributed by atoms with Crippen molar-refractivity contribution in [2.75, 3.05) is 19.8 Å². The molecule has 0 bridgehead atoms. The van der Waals surface area contributed by atoms with Gasteiger partial charge in [-0.15, -0.1) is 0 Å². The summed E-state index contributed by atoms with van der Waals surface area (Å²) in [6, 6.07) is 14.3. The Morgan fingerprint density at radius 3 is 0.986 bits per heavy atom. The van der Waals surface area contributed by atoms with Crippen LogP contribution in [0.1, 0.15) is 51.8 Å². The molecule has 0 aliphatic rings. The molecule has 0 unspecified atom stereocenters. The Bertz CT molecular complexity index is 2520. The molecule has 5 rings (SSSR count). The summed E-state index contributed by atoms with van der Waals surface area (Å²) in [5.74, 6) is -2.30. The topological polar surface area (TPSA) is 78.9 Å². The summed E-state index contributed by atoms with van der Waals surface area (Å²) in [7, 11) is 0. The van der Waals surface area contributed by atoms with E-state index in [0.29, 0.717) is 36.1 Å². The number of benzene rings is 5. The number of aryl methyl sites for hydroxylation is 2. The van der Waals surface area contributed by atoms with E-state index >= 15 is 0 Å². The molecule has 6 nitrogen and oxygen atoms in total. The Balaban J connectivity index is 1.74. The molecule has 0 saturated carbocycles. The standard InChI is InChI=1S/C51H40F12O6/c1-4-45(64)67-20-7-9-30-11-15-33(16-12-30)37-26-39(43(50(58,59)60)28-41(37)48(52,53)54)35-23-32(19-22-69-47(66)6-3)24-36(25-35)40-27-38(42(49(55,56)57)29-44(40)51(61,62)63)34-17-13-31(14-18-34)10-8-21-68-46(65)5-2/h4-6,11-18,23-29H,1-3,7-10,19-22H2. The minimum absolute atomic E-state index is 0.0185. The van der Waals surface area contributed by atoms with E-state index < -0.39 is 111 Å². The lowest BCUT2D eigenvalue weighted by Crippen LogP contribution is -2.14. The lowest BCUT2D eigenvalue weighted by Gasteiger charge is -2.23. The van der Waals surface area contributed by atoms with Crippen LogP contribution in [0.5, 0.6) is 0 Å². The third-order valence-electron chi connectivity index (χ3n) is 10.5. The van der Waals surface area contributed by atoms with Gasteiger partial charge in [-0.2, -0.15) is 52.7 Å². The molecule has 0 atom stereocenters. The molecule has 0 amide bonds. The van der Waals surface area contributed by atoms with Gasteiger partial charge in [-0.1, -0.05) is 80.4 Å². The van der Waals surface area contributed by atoms with Gasteiger partial charge >= 0.3 is 42.6 Å². The van der Waals surface area contributed by atoms with Crippen molar-refractivity contribution in [2.45, 2.75) is 56.8 Å². The Hall–Kier alpha value is -7.11. The second-order valence-electron chi connectivity index (χ2n) is 15.3. The zero-order valence-corrected chi connectivity index (χ0v) is 36.2. The van der Waals surface area contributed by atoms with Crippen LogP contribution in [-0.2, 0) is 72.6 Å². The SMILES string of the molecule is C=CC(=O)OCCCc1ccc(-c2cc(-c3cc(CCOC(=O)C=C)cc(-c4cc(-c5ccc(CCCOC(=O)C=C)cc5)c(C(F)(F)F)cc4C(F)(F)F)c3)c(C(F)(F)F)cc2C(F)(F)F)cc1. The van der Waals surface area contributed by atoms with Gasteiger partial charge in [-0.05, 0) is 117 Å². The molecule has 0 heterocycles. The van der Waals surface area contributed by atoms with Crippen LogP contribution in [0.3, 0.4) is 0 Å². The summed E-state index contributed by atoms with van der Waals surface area (Å²) in [5.41, 5.74) is -11.0. The second kappa shape index (κ2) is 21.9. The number of rotatable bonds is 18. The predicted octanol–water partition coefficient (Wildman–Crippen LogP) is 14.0. The normalized spacial score (nSPS) is 12.0. The van der Waals surface area contributed by atoms with Crippen molar-refractivity contribution >= 4 is 17.9 Å². The van der Waals surface area contributed by atoms with Crippen molar-refractivity contribution in [3.8, 4) is 44.5 Å². The van der Waals surface area contributed by atoms with E-state index in [-0.39, 0.29) is 54.9 Å². The van der Waals surface area contributed by atoms with Gasteiger partial charge in [0.2, 0.25) is 0 Å². The molecule has 0 fully saturated rings. The van der Waals surface area contributed by atoms with E-state index in [1.807, 2.05) is 0 Å². The Morgan fingerprint density at radius 1 is 0.377 bits per heavy atom. The molecule has 364 valence electrons. The van der Waals surface area contributed by atoms with Gasteiger partial charge in [-0.3, -0.25) is 0 Å². The summed E-state index contributed by atoms with van der Waals surface area (Å²) in [6.45, 7) is 9.25. The highest BCUT2D eigenvalue weighted by molar-refractivity contribution is 5.85. The highest BCUT2D eigenvalue weighted by Gasteiger charge is 2.43. The van der Waals surface area contributed by atoms with Gasteiger partial charge in [0.15, 0.2) is 0 Å². The maximum absolute atomic E-state index is 15.0. The van der Waals surface area contributed by atoms with Gasteiger partial charge in [0.1, 0.15) is 0 Å². The molecule has 0 spiro atoms. The molecule has 5 aromatic rings. The summed E-state index contributed by atoms with van der Waals surface area (Å²) >= 11 is 0. The van der Waals surface area contributed by atoms with Crippen LogP contribution in [0.15, 0.2) is 129 Å². The van der Waals surface area contributed by atoms with Crippen LogP contribution in [0.4, 0.5) is 52.7 Å². The molecular weight excluding hydrogens is 937 g/mol. The first-order valence-electron chi connectivity index (χ1n) is 20.7. The van der Waals surface area contributed by atoms with E-state index in [1.54, 1.807) is 0 Å². The highest BCUT2D eigenvalue weighted by Crippen LogP contribution is 2.49. The Labute approximate surface area is 387 Å². The summed E-state index contributed by atoms with van der Waals surface area (Å²) in [4.78, 5) is 34.6. The number of ether oxygens (including phenoxy) is 3. The average Bonchev–Trinajstić information content (AvgIpc) is 3.29. The number of carbonyl (C=O) groups excluding carboxylic acids is 3. The minimum atomic E-state index is -5.51. The molecule has 18 heteroatoms. The Morgan fingerprint density at radius 2 is 0.681 bits per heavy atom. The number of hydrogen-bond donors (Lipinski definition) is 0. The summed E-state index contributed by atoms with van der Waals surface area (Å²) in [6.07, 6.45) is -18.3. The lowest BCUT2D eigenvalue weighted by atomic mass is 9.85. The average molecular weight is 977 g/mol. The summed E-state index contributed by atoms with van der Waals surface area (Å²) in [5, 5.41) is 0. The molecule has 0 aromatic heterocycles. The van der Waals surface area contributed by atoms with Gasteiger partial charge < -0.3 is 14.2 Å². The smallest absolute Gasteiger partial charge is 0.417 e. The number of hydrogen-bond acceptors (Lipinski definition) is 6. The van der Waals surface area contributed by atoms with Crippen molar-refractivity contribution in [2.24, 2.45) is 0 Å². The highest BCUT2D eigenvalue weighted by atomic mass is 19.4. The minimum Gasteiger partial charge on any atom is -0.463 e. The molecule has 0 radical (unpaired) electrons. The summed E-state index contributed by atoms with van der Waals surface area (Å²) < 4.78 is 193.